The van der Waals surface area contributed by atoms with Gasteiger partial charge in [-0.1, -0.05) is 18.2 Å². The first kappa shape index (κ1) is 15.1. The van der Waals surface area contributed by atoms with Crippen molar-refractivity contribution in [3.05, 3.63) is 65.6 Å². The van der Waals surface area contributed by atoms with Crippen molar-refractivity contribution in [2.75, 3.05) is 5.32 Å². The van der Waals surface area contributed by atoms with Crippen molar-refractivity contribution < 1.29 is 18.0 Å². The Labute approximate surface area is 129 Å². The van der Waals surface area contributed by atoms with Crippen molar-refractivity contribution >= 4 is 17.2 Å². The van der Waals surface area contributed by atoms with Gasteiger partial charge in [0.1, 0.15) is 11.3 Å². The maximum atomic E-state index is 12.9. The molecule has 23 heavy (non-hydrogen) atoms. The fraction of sp³-hybridized carbons (Fsp3) is 0.125. The minimum absolute atomic E-state index is 0.0787. The molecule has 1 amide bonds. The number of hydrogen-bond donors (Lipinski definition) is 1. The number of aryl methyl sites for hydroxylation is 1. The summed E-state index contributed by atoms with van der Waals surface area (Å²) >= 11 is 0. The van der Waals surface area contributed by atoms with Crippen molar-refractivity contribution in [1.29, 1.82) is 0 Å². The summed E-state index contributed by atoms with van der Waals surface area (Å²) in [5.74, 6) is -0.513. The molecule has 0 atom stereocenters. The number of hydrogen-bond acceptors (Lipinski definition) is 2. The third-order valence-electron chi connectivity index (χ3n) is 3.37. The molecular formula is C16H12F3N3O. The van der Waals surface area contributed by atoms with Crippen LogP contribution in [-0.4, -0.2) is 15.3 Å². The number of aromatic nitrogens is 2. The summed E-state index contributed by atoms with van der Waals surface area (Å²) in [5.41, 5.74) is 0.441. The molecule has 0 bridgehead atoms. The van der Waals surface area contributed by atoms with E-state index >= 15 is 0 Å². The third-order valence-corrected chi connectivity index (χ3v) is 3.37. The molecule has 1 N–H and O–H groups in total. The summed E-state index contributed by atoms with van der Waals surface area (Å²) in [6, 6.07) is 10.9. The monoisotopic (exact) mass is 319 g/mol. The van der Waals surface area contributed by atoms with Crippen LogP contribution < -0.4 is 5.32 Å². The van der Waals surface area contributed by atoms with Crippen LogP contribution >= 0.6 is 0 Å². The number of benzene rings is 1. The number of imidazole rings is 1. The van der Waals surface area contributed by atoms with E-state index in [0.717, 1.165) is 16.7 Å². The molecule has 0 spiro atoms. The first-order valence-corrected chi connectivity index (χ1v) is 6.78. The van der Waals surface area contributed by atoms with Gasteiger partial charge >= 0.3 is 6.18 Å². The van der Waals surface area contributed by atoms with Gasteiger partial charge < -0.3 is 5.32 Å². The Balaban J connectivity index is 2.05. The molecule has 2 heterocycles. The zero-order chi connectivity index (χ0) is 16.6. The molecule has 0 unspecified atom stereocenters. The number of alkyl halides is 3. The van der Waals surface area contributed by atoms with Crippen LogP contribution in [0.4, 0.5) is 18.9 Å². The number of amides is 1. The van der Waals surface area contributed by atoms with Crippen LogP contribution in [0.15, 0.2) is 48.7 Å². The highest BCUT2D eigenvalue weighted by molar-refractivity contribution is 6.04. The van der Waals surface area contributed by atoms with E-state index in [9.17, 15) is 18.0 Å². The third kappa shape index (κ3) is 2.90. The highest BCUT2D eigenvalue weighted by atomic mass is 19.4. The smallest absolute Gasteiger partial charge is 0.321 e. The number of nitrogens with one attached hydrogen (secondary N) is 1. The molecule has 3 aromatic rings. The number of fused-ring (bicyclic) bond motifs is 1. The number of anilines is 1. The average Bonchev–Trinajstić information content (AvgIpc) is 2.82. The SMILES string of the molecule is Cc1nc2ccc(C(F)(F)F)cn2c1C(=O)Nc1ccccc1. The molecular weight excluding hydrogens is 307 g/mol. The number of para-hydroxylation sites is 1. The van der Waals surface area contributed by atoms with Gasteiger partial charge in [0.15, 0.2) is 0 Å². The minimum atomic E-state index is -4.49. The molecule has 118 valence electrons. The standard InChI is InChI=1S/C16H12F3N3O/c1-10-14(15(23)21-12-5-3-2-4-6-12)22-9-11(16(17,18)19)7-8-13(22)20-10/h2-9H,1H3,(H,21,23). The van der Waals surface area contributed by atoms with E-state index in [1.807, 2.05) is 0 Å². The minimum Gasteiger partial charge on any atom is -0.321 e. The van der Waals surface area contributed by atoms with E-state index in [1.54, 1.807) is 37.3 Å². The lowest BCUT2D eigenvalue weighted by molar-refractivity contribution is -0.137. The Bertz CT molecular complexity index is 869. The van der Waals surface area contributed by atoms with Gasteiger partial charge in [0, 0.05) is 11.9 Å². The fourth-order valence-electron chi connectivity index (χ4n) is 2.32. The van der Waals surface area contributed by atoms with Gasteiger partial charge in [0.05, 0.1) is 11.3 Å². The summed E-state index contributed by atoms with van der Waals surface area (Å²) in [6.07, 6.45) is -3.60. The maximum Gasteiger partial charge on any atom is 0.417 e. The van der Waals surface area contributed by atoms with Gasteiger partial charge in [-0.25, -0.2) is 4.98 Å². The molecule has 0 aliphatic carbocycles. The number of nitrogens with zero attached hydrogens (tertiary/aromatic N) is 2. The Kier molecular flexibility index (Phi) is 3.55. The molecule has 0 saturated heterocycles. The molecule has 0 saturated carbocycles. The van der Waals surface area contributed by atoms with Crippen molar-refractivity contribution in [3.8, 4) is 0 Å². The lowest BCUT2D eigenvalue weighted by atomic mass is 10.2. The Morgan fingerprint density at radius 1 is 1.13 bits per heavy atom. The van der Waals surface area contributed by atoms with Crippen LogP contribution in [0.1, 0.15) is 21.7 Å². The molecule has 1 aromatic carbocycles. The van der Waals surface area contributed by atoms with Gasteiger partial charge in [0.2, 0.25) is 0 Å². The first-order valence-electron chi connectivity index (χ1n) is 6.78. The quantitative estimate of drug-likeness (QED) is 0.778. The average molecular weight is 319 g/mol. The second kappa shape index (κ2) is 5.42. The number of pyridine rings is 1. The van der Waals surface area contributed by atoms with Crippen LogP contribution in [0, 0.1) is 6.92 Å². The van der Waals surface area contributed by atoms with Crippen molar-refractivity contribution in [2.24, 2.45) is 0 Å². The van der Waals surface area contributed by atoms with E-state index < -0.39 is 17.6 Å². The maximum absolute atomic E-state index is 12.9. The van der Waals surface area contributed by atoms with Gasteiger partial charge in [-0.2, -0.15) is 13.2 Å². The van der Waals surface area contributed by atoms with E-state index in [2.05, 4.69) is 10.3 Å². The summed E-state index contributed by atoms with van der Waals surface area (Å²) in [7, 11) is 0. The molecule has 0 fully saturated rings. The van der Waals surface area contributed by atoms with Crippen molar-refractivity contribution in [1.82, 2.24) is 9.38 Å². The molecule has 0 radical (unpaired) electrons. The highest BCUT2D eigenvalue weighted by Crippen LogP contribution is 2.29. The highest BCUT2D eigenvalue weighted by Gasteiger charge is 2.31. The van der Waals surface area contributed by atoms with Gasteiger partial charge in [0.25, 0.3) is 5.91 Å². The van der Waals surface area contributed by atoms with Gasteiger partial charge in [-0.05, 0) is 31.2 Å². The molecule has 3 rings (SSSR count). The molecule has 2 aromatic heterocycles. The number of halogens is 3. The van der Waals surface area contributed by atoms with Gasteiger partial charge in [-0.15, -0.1) is 0 Å². The second-order valence-corrected chi connectivity index (χ2v) is 5.01. The summed E-state index contributed by atoms with van der Waals surface area (Å²) in [5, 5.41) is 2.65. The summed E-state index contributed by atoms with van der Waals surface area (Å²) in [6.45, 7) is 1.58. The molecule has 7 heteroatoms. The number of rotatable bonds is 2. The van der Waals surface area contributed by atoms with E-state index in [4.69, 9.17) is 0 Å². The van der Waals surface area contributed by atoms with Crippen molar-refractivity contribution in [2.45, 2.75) is 13.1 Å². The Morgan fingerprint density at radius 2 is 1.83 bits per heavy atom. The molecule has 0 aliphatic rings. The molecule has 4 nitrogen and oxygen atoms in total. The second-order valence-electron chi connectivity index (χ2n) is 5.01. The van der Waals surface area contributed by atoms with Crippen molar-refractivity contribution in [3.63, 3.8) is 0 Å². The largest absolute Gasteiger partial charge is 0.417 e. The van der Waals surface area contributed by atoms with Crippen LogP contribution in [0.25, 0.3) is 5.65 Å². The van der Waals surface area contributed by atoms with Crippen LogP contribution in [0.2, 0.25) is 0 Å². The van der Waals surface area contributed by atoms with E-state index in [-0.39, 0.29) is 11.3 Å². The summed E-state index contributed by atoms with van der Waals surface area (Å²) in [4.78, 5) is 16.6. The van der Waals surface area contributed by atoms with Crippen LogP contribution in [-0.2, 0) is 6.18 Å². The normalized spacial score (nSPS) is 11.7. The Hall–Kier alpha value is -2.83. The van der Waals surface area contributed by atoms with Gasteiger partial charge in [-0.3, -0.25) is 9.20 Å². The number of carbonyl (C=O) groups excluding carboxylic acids is 1. The zero-order valence-electron chi connectivity index (χ0n) is 12.1. The topological polar surface area (TPSA) is 46.4 Å². The Morgan fingerprint density at radius 3 is 2.48 bits per heavy atom. The fourth-order valence-corrected chi connectivity index (χ4v) is 2.32. The zero-order valence-corrected chi connectivity index (χ0v) is 12.1. The van der Waals surface area contributed by atoms with Crippen LogP contribution in [0.3, 0.4) is 0 Å². The van der Waals surface area contributed by atoms with E-state index in [1.165, 1.54) is 6.07 Å². The molecule has 0 aliphatic heterocycles. The van der Waals surface area contributed by atoms with E-state index in [0.29, 0.717) is 11.4 Å². The lowest BCUT2D eigenvalue weighted by Crippen LogP contribution is -2.16. The van der Waals surface area contributed by atoms with Crippen LogP contribution in [0.5, 0.6) is 0 Å². The summed E-state index contributed by atoms with van der Waals surface area (Å²) < 4.78 is 39.8. The first-order chi connectivity index (χ1) is 10.9. The predicted molar refractivity (Wildman–Crippen MR) is 79.3 cm³/mol. The number of carbonyl (C=O) groups is 1. The lowest BCUT2D eigenvalue weighted by Gasteiger charge is -2.09. The predicted octanol–water partition coefficient (Wildman–Crippen LogP) is 3.91.